The number of fused-ring (bicyclic) bond motifs is 7. The van der Waals surface area contributed by atoms with E-state index in [1.165, 1.54) is 5.57 Å². The third-order valence-corrected chi connectivity index (χ3v) is 14.7. The summed E-state index contributed by atoms with van der Waals surface area (Å²) in [6.45, 7) is 8.68. The largest absolute Gasteiger partial charge is 0.494 e. The fourth-order valence-electron chi connectivity index (χ4n) is 11.8. The maximum Gasteiger partial charge on any atom is 0.186 e. The molecule has 0 bridgehead atoms. The highest BCUT2D eigenvalue weighted by Gasteiger charge is 2.66. The third-order valence-electron chi connectivity index (χ3n) is 14.7. The molecular weight excluding hydrogens is 664 g/mol. The zero-order chi connectivity index (χ0) is 36.6. The van der Waals surface area contributed by atoms with E-state index in [0.29, 0.717) is 36.5 Å². The summed E-state index contributed by atoms with van der Waals surface area (Å²) < 4.78 is 30.3. The fraction of sp³-hybridized carbons (Fsp3) is 0.921. The highest BCUT2D eigenvalue weighted by Crippen LogP contribution is 2.70. The number of ketones is 1. The number of aliphatic hydroxyl groups excluding tert-OH is 7. The molecule has 0 aromatic carbocycles. The van der Waals surface area contributed by atoms with E-state index in [9.17, 15) is 40.5 Å². The molecule has 0 radical (unpaired) electrons. The standard InChI is InChI=1S/C38H60O13/c1-17(15-47-36-34(46)32(44)31(43)28(14-39)51-36)5-6-25-18(2)29-27(49-25)13-22-20-12-26(50-35-33(45)30(42)24(41)16-48-35)23-11-19(40)7-9-37(23,3)21(20)8-10-38(22,29)4/h17,20-24,26-36,39,41-46H,5-16H2,1-4H3/t17-,20-,21+,22+,23-,24-,26+,27-,28-,29-,30+,31-,32-,33-,34-,35+,36-,37-,38+/m1/s1. The molecule has 4 saturated carbocycles. The molecule has 0 aromatic rings. The molecule has 13 nitrogen and oxygen atoms in total. The Kier molecular flexibility index (Phi) is 10.8. The third kappa shape index (κ3) is 6.53. The smallest absolute Gasteiger partial charge is 0.186 e. The van der Waals surface area contributed by atoms with Crippen molar-refractivity contribution in [1.82, 2.24) is 0 Å². The summed E-state index contributed by atoms with van der Waals surface area (Å²) in [5.41, 5.74) is 1.26. The SMILES string of the molecule is CC1=C(CC[C@@H](C)CO[C@@H]2O[C@H](CO)[C@@H](O)[C@@H](O)[C@H]2O)O[C@@H]2C[C@H]3[C@@H]4C[C@H](O[C@@H]5OC[C@@H](O)[C@H](O)[C@H]5O)[C@H]5CC(=O)CC[C@]5(C)[C@H]4CC[C@]3(C)[C@H]12. The molecule has 290 valence electrons. The molecule has 7 aliphatic rings. The molecule has 7 rings (SSSR count). The van der Waals surface area contributed by atoms with Crippen LogP contribution in [-0.2, 0) is 28.5 Å². The first-order chi connectivity index (χ1) is 24.2. The van der Waals surface area contributed by atoms with Crippen molar-refractivity contribution in [2.45, 2.75) is 153 Å². The minimum absolute atomic E-state index is 0.00112. The fourth-order valence-corrected chi connectivity index (χ4v) is 11.8. The molecule has 19 atom stereocenters. The van der Waals surface area contributed by atoms with Crippen LogP contribution in [0, 0.1) is 46.3 Å². The molecule has 0 amide bonds. The summed E-state index contributed by atoms with van der Waals surface area (Å²) in [5, 5.41) is 71.1. The van der Waals surface area contributed by atoms with Crippen LogP contribution in [0.25, 0.3) is 0 Å². The number of carbonyl (C=O) groups excluding carboxylic acids is 1. The van der Waals surface area contributed by atoms with Gasteiger partial charge in [-0.1, -0.05) is 20.8 Å². The second-order valence-corrected chi connectivity index (χ2v) is 17.6. The van der Waals surface area contributed by atoms with Crippen molar-refractivity contribution in [3.63, 3.8) is 0 Å². The van der Waals surface area contributed by atoms with E-state index in [0.717, 1.165) is 50.7 Å². The number of Topliss-reactive ketones (excluding diaryl/α,β-unsaturated/α-hetero) is 1. The van der Waals surface area contributed by atoms with Crippen LogP contribution in [0.1, 0.15) is 85.5 Å². The Labute approximate surface area is 300 Å². The summed E-state index contributed by atoms with van der Waals surface area (Å²) in [7, 11) is 0. The second-order valence-electron chi connectivity index (χ2n) is 17.6. The monoisotopic (exact) mass is 724 g/mol. The van der Waals surface area contributed by atoms with Crippen LogP contribution in [0.4, 0.5) is 0 Å². The van der Waals surface area contributed by atoms with Gasteiger partial charge in [0, 0.05) is 25.2 Å². The number of ether oxygens (including phenoxy) is 5. The van der Waals surface area contributed by atoms with Crippen molar-refractivity contribution in [3.05, 3.63) is 11.3 Å². The van der Waals surface area contributed by atoms with Crippen LogP contribution in [-0.4, -0.2) is 129 Å². The first-order valence-electron chi connectivity index (χ1n) is 19.3. The van der Waals surface area contributed by atoms with Gasteiger partial charge in [-0.15, -0.1) is 0 Å². The molecule has 6 fully saturated rings. The number of rotatable bonds is 9. The van der Waals surface area contributed by atoms with E-state index in [-0.39, 0.29) is 53.9 Å². The van der Waals surface area contributed by atoms with Crippen LogP contribution in [0.15, 0.2) is 11.3 Å². The van der Waals surface area contributed by atoms with Gasteiger partial charge in [-0.3, -0.25) is 4.79 Å². The second kappa shape index (κ2) is 14.4. The predicted molar refractivity (Wildman–Crippen MR) is 179 cm³/mol. The average Bonchev–Trinajstić information content (AvgIpc) is 3.59. The number of hydrogen-bond acceptors (Lipinski definition) is 13. The first kappa shape index (κ1) is 38.1. The van der Waals surface area contributed by atoms with Crippen molar-refractivity contribution in [2.24, 2.45) is 46.3 Å². The number of hydrogen-bond donors (Lipinski definition) is 7. The Hall–Kier alpha value is -1.23. The van der Waals surface area contributed by atoms with E-state index >= 15 is 0 Å². The number of allylic oxidation sites excluding steroid dienone is 1. The quantitative estimate of drug-likeness (QED) is 0.167. The number of aliphatic hydroxyl groups is 7. The van der Waals surface area contributed by atoms with E-state index in [4.69, 9.17) is 23.7 Å². The lowest BCUT2D eigenvalue weighted by Crippen LogP contribution is -2.60. The molecular formula is C38H60O13. The molecule has 3 aliphatic heterocycles. The van der Waals surface area contributed by atoms with E-state index in [2.05, 4.69) is 20.8 Å². The van der Waals surface area contributed by atoms with Crippen LogP contribution in [0.3, 0.4) is 0 Å². The molecule has 3 heterocycles. The van der Waals surface area contributed by atoms with Gasteiger partial charge in [-0.2, -0.15) is 0 Å². The van der Waals surface area contributed by atoms with Gasteiger partial charge in [-0.25, -0.2) is 0 Å². The Morgan fingerprint density at radius 1 is 0.902 bits per heavy atom. The van der Waals surface area contributed by atoms with Gasteiger partial charge in [0.15, 0.2) is 12.6 Å². The van der Waals surface area contributed by atoms with Crippen LogP contribution in [0.2, 0.25) is 0 Å². The molecule has 0 aromatic heterocycles. The summed E-state index contributed by atoms with van der Waals surface area (Å²) in [4.78, 5) is 12.8. The summed E-state index contributed by atoms with van der Waals surface area (Å²) in [6.07, 6.45) is -4.41. The Balaban J connectivity index is 1.02. The van der Waals surface area contributed by atoms with Crippen molar-refractivity contribution < 1.29 is 64.2 Å². The van der Waals surface area contributed by atoms with Gasteiger partial charge in [0.1, 0.15) is 54.6 Å². The topological polar surface area (TPSA) is 205 Å². The first-order valence-corrected chi connectivity index (χ1v) is 19.3. The van der Waals surface area contributed by atoms with Gasteiger partial charge in [0.2, 0.25) is 0 Å². The molecule has 0 unspecified atom stereocenters. The lowest BCUT2D eigenvalue weighted by molar-refractivity contribution is -0.303. The Morgan fingerprint density at radius 3 is 2.39 bits per heavy atom. The predicted octanol–water partition coefficient (Wildman–Crippen LogP) is 1.16. The van der Waals surface area contributed by atoms with Crippen LogP contribution in [0.5, 0.6) is 0 Å². The highest BCUT2D eigenvalue weighted by molar-refractivity contribution is 5.79. The Bertz CT molecular complexity index is 1310. The van der Waals surface area contributed by atoms with Gasteiger partial charge in [0.05, 0.1) is 31.7 Å². The van der Waals surface area contributed by atoms with Crippen molar-refractivity contribution in [3.8, 4) is 0 Å². The molecule has 2 saturated heterocycles. The van der Waals surface area contributed by atoms with E-state index in [1.54, 1.807) is 0 Å². The lowest BCUT2D eigenvalue weighted by Gasteiger charge is -2.62. The average molecular weight is 725 g/mol. The maximum atomic E-state index is 12.8. The zero-order valence-corrected chi connectivity index (χ0v) is 30.4. The van der Waals surface area contributed by atoms with Gasteiger partial charge in [-0.05, 0) is 91.4 Å². The Morgan fingerprint density at radius 2 is 1.65 bits per heavy atom. The van der Waals surface area contributed by atoms with Crippen LogP contribution >= 0.6 is 0 Å². The summed E-state index contributed by atoms with van der Waals surface area (Å²) in [5.74, 6) is 2.88. The van der Waals surface area contributed by atoms with E-state index in [1.807, 2.05) is 6.92 Å². The summed E-state index contributed by atoms with van der Waals surface area (Å²) >= 11 is 0. The van der Waals surface area contributed by atoms with Crippen LogP contribution < -0.4 is 0 Å². The highest BCUT2D eigenvalue weighted by atomic mass is 16.7. The summed E-state index contributed by atoms with van der Waals surface area (Å²) in [6, 6.07) is 0. The normalized spacial score (nSPS) is 51.7. The molecule has 51 heavy (non-hydrogen) atoms. The zero-order valence-electron chi connectivity index (χ0n) is 30.4. The van der Waals surface area contributed by atoms with Crippen molar-refractivity contribution in [2.75, 3.05) is 19.8 Å². The van der Waals surface area contributed by atoms with Gasteiger partial charge < -0.3 is 59.4 Å². The van der Waals surface area contributed by atoms with Crippen molar-refractivity contribution in [1.29, 1.82) is 0 Å². The maximum absolute atomic E-state index is 12.8. The molecule has 4 aliphatic carbocycles. The molecule has 13 heteroatoms. The minimum atomic E-state index is -1.47. The van der Waals surface area contributed by atoms with Gasteiger partial charge >= 0.3 is 0 Å². The lowest BCUT2D eigenvalue weighted by atomic mass is 9.44. The number of carbonyl (C=O) groups is 1. The molecule has 0 spiro atoms. The van der Waals surface area contributed by atoms with Crippen molar-refractivity contribution >= 4 is 5.78 Å². The van der Waals surface area contributed by atoms with Gasteiger partial charge in [0.25, 0.3) is 0 Å². The minimum Gasteiger partial charge on any atom is -0.494 e. The van der Waals surface area contributed by atoms with E-state index < -0.39 is 61.9 Å². The molecule has 7 N–H and O–H groups in total.